The van der Waals surface area contributed by atoms with Crippen molar-refractivity contribution in [1.29, 1.82) is 0 Å². The minimum absolute atomic E-state index is 0.0404. The minimum Gasteiger partial charge on any atom is -0.383 e. The van der Waals surface area contributed by atoms with Crippen LogP contribution in [0.3, 0.4) is 0 Å². The van der Waals surface area contributed by atoms with Gasteiger partial charge >= 0.3 is 0 Å². The lowest BCUT2D eigenvalue weighted by Gasteiger charge is -2.20. The predicted octanol–water partition coefficient (Wildman–Crippen LogP) is 2.13. The van der Waals surface area contributed by atoms with Crippen LogP contribution in [-0.2, 0) is 10.0 Å². The number of nitrogens with zero attached hydrogens (tertiary/aromatic N) is 3. The highest BCUT2D eigenvalue weighted by Gasteiger charge is 2.15. The summed E-state index contributed by atoms with van der Waals surface area (Å²) in [5, 5.41) is 8.99. The first-order valence-corrected chi connectivity index (χ1v) is 9.42. The van der Waals surface area contributed by atoms with Gasteiger partial charge in [-0.2, -0.15) is 0 Å². The maximum Gasteiger partial charge on any atom is 0.238 e. The van der Waals surface area contributed by atoms with Crippen LogP contribution in [0.5, 0.6) is 0 Å². The average Bonchev–Trinajstić information content (AvgIpc) is 2.53. The summed E-state index contributed by atoms with van der Waals surface area (Å²) in [5.74, 6) is 0.797. The fraction of sp³-hybridized carbons (Fsp3) is 0.235. The number of sulfonamides is 1. The Hall–Kier alpha value is -2.78. The van der Waals surface area contributed by atoms with Gasteiger partial charge < -0.3 is 11.1 Å². The Morgan fingerprint density at radius 1 is 1.04 bits per heavy atom. The highest BCUT2D eigenvalue weighted by Crippen LogP contribution is 2.30. The van der Waals surface area contributed by atoms with E-state index < -0.39 is 10.0 Å². The lowest BCUT2D eigenvalue weighted by molar-refractivity contribution is 0.598. The summed E-state index contributed by atoms with van der Waals surface area (Å²) in [4.78, 5) is 13.1. The number of nitrogens with one attached hydrogen (secondary N) is 1. The second-order valence-electron chi connectivity index (χ2n) is 6.96. The molecule has 0 saturated heterocycles. The van der Waals surface area contributed by atoms with Crippen molar-refractivity contribution in [3.05, 3.63) is 36.7 Å². The summed E-state index contributed by atoms with van der Waals surface area (Å²) in [5.41, 5.74) is 7.84. The first kappa shape index (κ1) is 18.0. The summed E-state index contributed by atoms with van der Waals surface area (Å²) in [6.45, 7) is 6.02. The van der Waals surface area contributed by atoms with Crippen molar-refractivity contribution < 1.29 is 8.42 Å². The first-order valence-electron chi connectivity index (χ1n) is 7.87. The molecule has 0 aliphatic rings. The second kappa shape index (κ2) is 6.19. The van der Waals surface area contributed by atoms with Gasteiger partial charge in [0.05, 0.1) is 15.8 Å². The Bertz CT molecular complexity index is 1070. The molecular formula is C17H20N6O2S. The fourth-order valence-electron chi connectivity index (χ4n) is 2.47. The molecule has 0 saturated carbocycles. The van der Waals surface area contributed by atoms with E-state index >= 15 is 0 Å². The number of hydrogen-bond donors (Lipinski definition) is 3. The Kier molecular flexibility index (Phi) is 4.29. The maximum absolute atomic E-state index is 11.4. The van der Waals surface area contributed by atoms with Crippen LogP contribution in [0, 0.1) is 0 Å². The van der Waals surface area contributed by atoms with Gasteiger partial charge in [0.1, 0.15) is 5.82 Å². The van der Waals surface area contributed by atoms with Gasteiger partial charge in [-0.05, 0) is 38.5 Å². The molecule has 0 aliphatic carbocycles. The number of hydrogen-bond acceptors (Lipinski definition) is 7. The van der Waals surface area contributed by atoms with Gasteiger partial charge in [0.15, 0.2) is 0 Å². The molecule has 2 aromatic heterocycles. The summed E-state index contributed by atoms with van der Waals surface area (Å²) in [7, 11) is -3.75. The van der Waals surface area contributed by atoms with Crippen molar-refractivity contribution in [2.75, 3.05) is 11.1 Å². The molecule has 5 N–H and O–H groups in total. The van der Waals surface area contributed by atoms with E-state index in [4.69, 9.17) is 10.9 Å². The smallest absolute Gasteiger partial charge is 0.238 e. The molecule has 0 fully saturated rings. The van der Waals surface area contributed by atoms with Crippen LogP contribution in [0.15, 0.2) is 41.6 Å². The second-order valence-corrected chi connectivity index (χ2v) is 8.52. The monoisotopic (exact) mass is 372 g/mol. The molecule has 0 radical (unpaired) electrons. The number of nitrogen functional groups attached to an aromatic ring is 1. The summed E-state index contributed by atoms with van der Waals surface area (Å²) < 4.78 is 22.9. The zero-order chi connectivity index (χ0) is 19.1. The number of anilines is 2. The normalized spacial score (nSPS) is 12.3. The molecule has 26 heavy (non-hydrogen) atoms. The summed E-state index contributed by atoms with van der Waals surface area (Å²) in [6, 6.07) is 6.21. The third-order valence-electron chi connectivity index (χ3n) is 3.63. The van der Waals surface area contributed by atoms with Gasteiger partial charge in [-0.1, -0.05) is 12.1 Å². The molecule has 0 atom stereocenters. The highest BCUT2D eigenvalue weighted by atomic mass is 32.2. The number of benzene rings is 1. The van der Waals surface area contributed by atoms with E-state index in [-0.39, 0.29) is 10.4 Å². The quantitative estimate of drug-likeness (QED) is 0.640. The fourth-order valence-corrected chi connectivity index (χ4v) is 2.99. The molecule has 0 aliphatic heterocycles. The molecule has 1 aromatic carbocycles. The number of primary sulfonamides is 1. The van der Waals surface area contributed by atoms with Gasteiger partial charge in [-0.25, -0.2) is 28.5 Å². The minimum atomic E-state index is -3.75. The van der Waals surface area contributed by atoms with Gasteiger partial charge in [0.25, 0.3) is 0 Å². The molecule has 0 unspecified atom stereocenters. The number of nitrogens with two attached hydrogens (primary N) is 2. The van der Waals surface area contributed by atoms with Crippen LogP contribution in [0.25, 0.3) is 22.0 Å². The van der Waals surface area contributed by atoms with Crippen molar-refractivity contribution in [3.63, 3.8) is 0 Å². The third kappa shape index (κ3) is 3.73. The molecular weight excluding hydrogens is 352 g/mol. The van der Waals surface area contributed by atoms with Crippen molar-refractivity contribution in [3.8, 4) is 11.1 Å². The first-order chi connectivity index (χ1) is 12.0. The molecule has 3 rings (SSSR count). The van der Waals surface area contributed by atoms with E-state index in [0.29, 0.717) is 22.7 Å². The molecule has 0 bridgehead atoms. The van der Waals surface area contributed by atoms with Crippen LogP contribution >= 0.6 is 0 Å². The number of aromatic nitrogens is 3. The average molecular weight is 372 g/mol. The SMILES string of the molecule is CC(C)(C)Nc1ncc2c(N)ncc(-c3ccc(S(N)(=O)=O)cc3)c2n1. The predicted molar refractivity (Wildman–Crippen MR) is 102 cm³/mol. The van der Waals surface area contributed by atoms with E-state index in [2.05, 4.69) is 20.3 Å². The van der Waals surface area contributed by atoms with Crippen molar-refractivity contribution >= 4 is 32.7 Å². The largest absolute Gasteiger partial charge is 0.383 e. The van der Waals surface area contributed by atoms with E-state index in [0.717, 1.165) is 11.1 Å². The van der Waals surface area contributed by atoms with Crippen molar-refractivity contribution in [2.45, 2.75) is 31.2 Å². The van der Waals surface area contributed by atoms with Crippen LogP contribution in [0.2, 0.25) is 0 Å². The number of fused-ring (bicyclic) bond motifs is 1. The third-order valence-corrected chi connectivity index (χ3v) is 4.56. The maximum atomic E-state index is 11.4. The van der Waals surface area contributed by atoms with Crippen LogP contribution < -0.4 is 16.2 Å². The van der Waals surface area contributed by atoms with Crippen molar-refractivity contribution in [1.82, 2.24) is 15.0 Å². The molecule has 0 amide bonds. The van der Waals surface area contributed by atoms with Crippen molar-refractivity contribution in [2.24, 2.45) is 5.14 Å². The lowest BCUT2D eigenvalue weighted by Crippen LogP contribution is -2.27. The van der Waals surface area contributed by atoms with Gasteiger partial charge in [0, 0.05) is 23.5 Å². The Morgan fingerprint density at radius 3 is 2.27 bits per heavy atom. The molecule has 3 aromatic rings. The number of rotatable bonds is 3. The summed E-state index contributed by atoms with van der Waals surface area (Å²) >= 11 is 0. The van der Waals surface area contributed by atoms with Crippen LogP contribution in [0.4, 0.5) is 11.8 Å². The molecule has 0 spiro atoms. The standard InChI is InChI=1S/C17H20N6O2S/c1-17(2,3)23-16-21-9-13-14(22-16)12(8-20-15(13)18)10-4-6-11(7-5-10)26(19,24)25/h4-9H,1-3H3,(H2,18,20)(H2,19,24,25)(H,21,22,23). The Morgan fingerprint density at radius 2 is 1.69 bits per heavy atom. The van der Waals surface area contributed by atoms with E-state index in [1.54, 1.807) is 24.5 Å². The van der Waals surface area contributed by atoms with Crippen LogP contribution in [0.1, 0.15) is 20.8 Å². The Labute approximate surface area is 151 Å². The molecule has 136 valence electrons. The van der Waals surface area contributed by atoms with Gasteiger partial charge in [0.2, 0.25) is 16.0 Å². The zero-order valence-electron chi connectivity index (χ0n) is 14.7. The highest BCUT2D eigenvalue weighted by molar-refractivity contribution is 7.89. The summed E-state index contributed by atoms with van der Waals surface area (Å²) in [6.07, 6.45) is 3.23. The molecule has 2 heterocycles. The lowest BCUT2D eigenvalue weighted by atomic mass is 10.1. The van der Waals surface area contributed by atoms with Crippen LogP contribution in [-0.4, -0.2) is 28.9 Å². The topological polar surface area (TPSA) is 137 Å². The Balaban J connectivity index is 2.16. The molecule has 9 heteroatoms. The number of pyridine rings is 1. The zero-order valence-corrected chi connectivity index (χ0v) is 15.5. The van der Waals surface area contributed by atoms with E-state index in [9.17, 15) is 8.42 Å². The van der Waals surface area contributed by atoms with Gasteiger partial charge in [-0.15, -0.1) is 0 Å². The van der Waals surface area contributed by atoms with Gasteiger partial charge in [-0.3, -0.25) is 0 Å². The molecule has 8 nitrogen and oxygen atoms in total. The van der Waals surface area contributed by atoms with E-state index in [1.807, 2.05) is 20.8 Å². The van der Waals surface area contributed by atoms with E-state index in [1.165, 1.54) is 12.1 Å².